The molecule has 0 bridgehead atoms. The Bertz CT molecular complexity index is 486. The fraction of sp³-hybridized carbons (Fsp3) is 0.538. The largest absolute Gasteiger partial charge is 0.366 e. The standard InChI is InChI=1S/C13H21N5O2/c1-16-8-6-10(7-9-16)17(2)12-5-3-4-11(15-14)13(12)18(19)20/h3-5,10,15H,6-9,14H2,1-2H3. The Morgan fingerprint density at radius 1 is 1.45 bits per heavy atom. The second-order valence-corrected chi connectivity index (χ2v) is 5.22. The van der Waals surface area contributed by atoms with Gasteiger partial charge < -0.3 is 15.2 Å². The molecule has 1 heterocycles. The number of nitrogens with two attached hydrogens (primary N) is 1. The van der Waals surface area contributed by atoms with E-state index in [0.29, 0.717) is 17.4 Å². The van der Waals surface area contributed by atoms with E-state index in [9.17, 15) is 10.1 Å². The van der Waals surface area contributed by atoms with Gasteiger partial charge in [-0.15, -0.1) is 0 Å². The lowest BCUT2D eigenvalue weighted by Crippen LogP contribution is -2.42. The Morgan fingerprint density at radius 3 is 2.65 bits per heavy atom. The molecule has 7 heteroatoms. The minimum atomic E-state index is -0.379. The summed E-state index contributed by atoms with van der Waals surface area (Å²) in [7, 11) is 4.01. The highest BCUT2D eigenvalue weighted by atomic mass is 16.6. The number of likely N-dealkylation sites (tertiary alicyclic amines) is 1. The summed E-state index contributed by atoms with van der Waals surface area (Å²) in [5.74, 6) is 5.37. The zero-order valence-electron chi connectivity index (χ0n) is 11.9. The number of nitrogens with one attached hydrogen (secondary N) is 1. The molecule has 1 aromatic carbocycles. The van der Waals surface area contributed by atoms with E-state index in [2.05, 4.69) is 17.4 Å². The highest BCUT2D eigenvalue weighted by Crippen LogP contribution is 2.36. The van der Waals surface area contributed by atoms with Crippen LogP contribution in [-0.2, 0) is 0 Å². The Labute approximate surface area is 118 Å². The summed E-state index contributed by atoms with van der Waals surface area (Å²) in [4.78, 5) is 15.2. The number of nitro benzene ring substituents is 1. The number of rotatable bonds is 4. The van der Waals surface area contributed by atoms with Crippen LogP contribution in [0.15, 0.2) is 18.2 Å². The topological polar surface area (TPSA) is 87.7 Å². The van der Waals surface area contributed by atoms with Crippen molar-refractivity contribution < 1.29 is 4.92 Å². The monoisotopic (exact) mass is 279 g/mol. The minimum absolute atomic E-state index is 0.0384. The van der Waals surface area contributed by atoms with E-state index in [4.69, 9.17) is 5.84 Å². The van der Waals surface area contributed by atoms with Gasteiger partial charge in [-0.3, -0.25) is 16.0 Å². The van der Waals surface area contributed by atoms with Crippen molar-refractivity contribution in [1.82, 2.24) is 4.90 Å². The van der Waals surface area contributed by atoms with Gasteiger partial charge in [0.25, 0.3) is 0 Å². The third-order valence-electron chi connectivity index (χ3n) is 3.97. The summed E-state index contributed by atoms with van der Waals surface area (Å²) in [5, 5.41) is 11.3. The molecule has 0 aliphatic carbocycles. The normalized spacial score (nSPS) is 16.9. The van der Waals surface area contributed by atoms with Crippen molar-refractivity contribution in [2.75, 3.05) is 37.5 Å². The quantitative estimate of drug-likeness (QED) is 0.492. The molecule has 2 rings (SSSR count). The SMILES string of the molecule is CN1CCC(N(C)c2cccc(NN)c2[N+](=O)[O-])CC1. The number of hydrogen-bond donors (Lipinski definition) is 2. The average Bonchev–Trinajstić information content (AvgIpc) is 2.46. The zero-order chi connectivity index (χ0) is 14.7. The molecule has 3 N–H and O–H groups in total. The predicted octanol–water partition coefficient (Wildman–Crippen LogP) is 1.41. The predicted molar refractivity (Wildman–Crippen MR) is 79.8 cm³/mol. The molecule has 110 valence electrons. The number of para-hydroxylation sites is 1. The van der Waals surface area contributed by atoms with Gasteiger partial charge in [-0.1, -0.05) is 6.07 Å². The molecule has 0 radical (unpaired) electrons. The van der Waals surface area contributed by atoms with E-state index in [0.717, 1.165) is 25.9 Å². The molecule has 0 spiro atoms. The smallest absolute Gasteiger partial charge is 0.316 e. The Morgan fingerprint density at radius 2 is 2.10 bits per heavy atom. The second-order valence-electron chi connectivity index (χ2n) is 5.22. The van der Waals surface area contributed by atoms with E-state index in [-0.39, 0.29) is 10.6 Å². The van der Waals surface area contributed by atoms with Gasteiger partial charge >= 0.3 is 5.69 Å². The maximum Gasteiger partial charge on any atom is 0.316 e. The third-order valence-corrected chi connectivity index (χ3v) is 3.97. The van der Waals surface area contributed by atoms with Crippen molar-refractivity contribution >= 4 is 17.1 Å². The highest BCUT2D eigenvalue weighted by molar-refractivity contribution is 5.76. The van der Waals surface area contributed by atoms with E-state index >= 15 is 0 Å². The van der Waals surface area contributed by atoms with E-state index in [1.54, 1.807) is 18.2 Å². The van der Waals surface area contributed by atoms with Gasteiger partial charge in [0.1, 0.15) is 11.4 Å². The molecule has 0 atom stereocenters. The Balaban J connectivity index is 2.29. The van der Waals surface area contributed by atoms with Crippen LogP contribution in [0.2, 0.25) is 0 Å². The van der Waals surface area contributed by atoms with E-state index in [1.807, 2.05) is 11.9 Å². The first-order valence-corrected chi connectivity index (χ1v) is 6.70. The van der Waals surface area contributed by atoms with Crippen LogP contribution in [0.4, 0.5) is 17.1 Å². The first kappa shape index (κ1) is 14.5. The molecule has 0 amide bonds. The first-order chi connectivity index (χ1) is 9.54. The molecule has 1 saturated heterocycles. The molecule has 1 aliphatic heterocycles. The molecule has 0 unspecified atom stereocenters. The van der Waals surface area contributed by atoms with Crippen molar-refractivity contribution in [3.05, 3.63) is 28.3 Å². The number of nitrogen functional groups attached to an aromatic ring is 1. The summed E-state index contributed by atoms with van der Waals surface area (Å²) in [6.07, 6.45) is 2.01. The summed E-state index contributed by atoms with van der Waals surface area (Å²) in [5.41, 5.74) is 3.40. The van der Waals surface area contributed by atoms with Gasteiger partial charge in [0.05, 0.1) is 4.92 Å². The molecule has 1 aromatic rings. The Hall–Kier alpha value is -1.86. The number of nitro groups is 1. The van der Waals surface area contributed by atoms with Crippen LogP contribution in [0.5, 0.6) is 0 Å². The van der Waals surface area contributed by atoms with Crippen molar-refractivity contribution in [2.24, 2.45) is 5.84 Å². The van der Waals surface area contributed by atoms with E-state index < -0.39 is 0 Å². The molecule has 20 heavy (non-hydrogen) atoms. The molecule has 0 aromatic heterocycles. The van der Waals surface area contributed by atoms with Crippen LogP contribution in [0.1, 0.15) is 12.8 Å². The van der Waals surface area contributed by atoms with Gasteiger partial charge in [-0.05, 0) is 45.1 Å². The fourth-order valence-corrected chi connectivity index (χ4v) is 2.70. The van der Waals surface area contributed by atoms with Crippen molar-refractivity contribution in [2.45, 2.75) is 18.9 Å². The van der Waals surface area contributed by atoms with Crippen molar-refractivity contribution in [1.29, 1.82) is 0 Å². The molecule has 1 fully saturated rings. The highest BCUT2D eigenvalue weighted by Gasteiger charge is 2.27. The lowest BCUT2D eigenvalue weighted by atomic mass is 10.0. The van der Waals surface area contributed by atoms with Gasteiger partial charge in [0, 0.05) is 13.1 Å². The van der Waals surface area contributed by atoms with Gasteiger partial charge in [0.2, 0.25) is 0 Å². The van der Waals surface area contributed by atoms with Crippen molar-refractivity contribution in [3.63, 3.8) is 0 Å². The van der Waals surface area contributed by atoms with E-state index in [1.165, 1.54) is 0 Å². The number of anilines is 2. The number of nitrogens with zero attached hydrogens (tertiary/aromatic N) is 3. The summed E-state index contributed by atoms with van der Waals surface area (Å²) in [6.45, 7) is 2.02. The van der Waals surface area contributed by atoms with Crippen LogP contribution >= 0.6 is 0 Å². The molecule has 1 aliphatic rings. The number of hydrogen-bond acceptors (Lipinski definition) is 6. The summed E-state index contributed by atoms with van der Waals surface area (Å²) in [6, 6.07) is 5.49. The Kier molecular flexibility index (Phi) is 4.41. The zero-order valence-corrected chi connectivity index (χ0v) is 11.9. The maximum absolute atomic E-state index is 11.3. The second kappa shape index (κ2) is 6.06. The van der Waals surface area contributed by atoms with Crippen LogP contribution in [0.25, 0.3) is 0 Å². The maximum atomic E-state index is 11.3. The van der Waals surface area contributed by atoms with Gasteiger partial charge in [-0.2, -0.15) is 0 Å². The summed E-state index contributed by atoms with van der Waals surface area (Å²) >= 11 is 0. The van der Waals surface area contributed by atoms with Crippen LogP contribution < -0.4 is 16.2 Å². The molecule has 0 saturated carbocycles. The van der Waals surface area contributed by atoms with Crippen molar-refractivity contribution in [3.8, 4) is 0 Å². The van der Waals surface area contributed by atoms with Crippen LogP contribution in [-0.4, -0.2) is 43.0 Å². The number of piperidine rings is 1. The first-order valence-electron chi connectivity index (χ1n) is 6.70. The molecular weight excluding hydrogens is 258 g/mol. The number of hydrazine groups is 1. The van der Waals surface area contributed by atoms with Gasteiger partial charge in [-0.25, -0.2) is 0 Å². The molecular formula is C13H21N5O2. The minimum Gasteiger partial charge on any atom is -0.366 e. The average molecular weight is 279 g/mol. The lowest BCUT2D eigenvalue weighted by molar-refractivity contribution is -0.383. The summed E-state index contributed by atoms with van der Waals surface area (Å²) < 4.78 is 0. The van der Waals surface area contributed by atoms with Crippen LogP contribution in [0, 0.1) is 10.1 Å². The van der Waals surface area contributed by atoms with Gasteiger partial charge in [0.15, 0.2) is 0 Å². The lowest BCUT2D eigenvalue weighted by Gasteiger charge is -2.36. The third kappa shape index (κ3) is 2.83. The van der Waals surface area contributed by atoms with Crippen LogP contribution in [0.3, 0.4) is 0 Å². The molecule has 7 nitrogen and oxygen atoms in total. The number of benzene rings is 1. The fourth-order valence-electron chi connectivity index (χ4n) is 2.70.